The molecule has 3 nitrogen and oxygen atoms in total. The van der Waals surface area contributed by atoms with Gasteiger partial charge in [0.25, 0.3) is 0 Å². The van der Waals surface area contributed by atoms with Crippen molar-refractivity contribution in [3.63, 3.8) is 0 Å². The van der Waals surface area contributed by atoms with Crippen LogP contribution in [0.3, 0.4) is 0 Å². The predicted molar refractivity (Wildman–Crippen MR) is 69.3 cm³/mol. The Labute approximate surface area is 98.7 Å². The number of rotatable bonds is 4. The molecule has 0 saturated heterocycles. The lowest BCUT2D eigenvalue weighted by atomic mass is 9.90. The second kappa shape index (κ2) is 5.30. The zero-order valence-corrected chi connectivity index (χ0v) is 11.0. The number of aromatic nitrogens is 1. The van der Waals surface area contributed by atoms with Gasteiger partial charge >= 0.3 is 0 Å². The van der Waals surface area contributed by atoms with Gasteiger partial charge < -0.3 is 10.6 Å². The van der Waals surface area contributed by atoms with Crippen molar-refractivity contribution in [1.82, 2.24) is 9.88 Å². The summed E-state index contributed by atoms with van der Waals surface area (Å²) in [6, 6.07) is 2.19. The van der Waals surface area contributed by atoms with E-state index >= 15 is 0 Å². The number of anilines is 1. The third-order valence-electron chi connectivity index (χ3n) is 3.00. The molecule has 1 heterocycles. The average Bonchev–Trinajstić information content (AvgIpc) is 2.19. The maximum Gasteiger partial charge on any atom is 0.126 e. The zero-order chi connectivity index (χ0) is 12.3. The summed E-state index contributed by atoms with van der Waals surface area (Å²) >= 11 is 0. The number of hydrogen-bond donors (Lipinski definition) is 1. The van der Waals surface area contributed by atoms with Gasteiger partial charge in [0.2, 0.25) is 0 Å². The van der Waals surface area contributed by atoms with E-state index in [1.54, 1.807) is 0 Å². The van der Waals surface area contributed by atoms with Crippen LogP contribution < -0.4 is 5.73 Å². The molecule has 0 bridgehead atoms. The van der Waals surface area contributed by atoms with Crippen molar-refractivity contribution in [2.45, 2.75) is 33.2 Å². The minimum atomic E-state index is 0.453. The van der Waals surface area contributed by atoms with Crippen LogP contribution >= 0.6 is 0 Å². The fourth-order valence-corrected chi connectivity index (χ4v) is 1.71. The molecule has 1 rings (SSSR count). The molecule has 0 amide bonds. The van der Waals surface area contributed by atoms with Crippen LogP contribution in [0, 0.1) is 5.92 Å². The third kappa shape index (κ3) is 3.20. The highest BCUT2D eigenvalue weighted by Gasteiger charge is 2.14. The van der Waals surface area contributed by atoms with E-state index in [1.165, 1.54) is 11.1 Å². The lowest BCUT2D eigenvalue weighted by Crippen LogP contribution is -2.13. The zero-order valence-electron chi connectivity index (χ0n) is 11.0. The fraction of sp³-hybridized carbons (Fsp3) is 0.615. The van der Waals surface area contributed by atoms with Crippen LogP contribution in [0.15, 0.2) is 12.3 Å². The quantitative estimate of drug-likeness (QED) is 0.849. The Bertz CT molecular complexity index is 345. The molecule has 0 radical (unpaired) electrons. The molecule has 0 aliphatic rings. The third-order valence-corrected chi connectivity index (χ3v) is 3.00. The van der Waals surface area contributed by atoms with Crippen molar-refractivity contribution in [3.05, 3.63) is 23.4 Å². The van der Waals surface area contributed by atoms with Crippen molar-refractivity contribution in [2.75, 3.05) is 19.8 Å². The van der Waals surface area contributed by atoms with Gasteiger partial charge in [0.1, 0.15) is 5.82 Å². The molecule has 0 unspecified atom stereocenters. The van der Waals surface area contributed by atoms with Crippen molar-refractivity contribution in [2.24, 2.45) is 5.92 Å². The molecule has 90 valence electrons. The number of hydrogen-bond acceptors (Lipinski definition) is 3. The largest absolute Gasteiger partial charge is 0.383 e. The van der Waals surface area contributed by atoms with Crippen molar-refractivity contribution < 1.29 is 0 Å². The second-order valence-electron chi connectivity index (χ2n) is 5.09. The molecular formula is C13H23N3. The van der Waals surface area contributed by atoms with Crippen LogP contribution in [0.4, 0.5) is 5.82 Å². The highest BCUT2D eigenvalue weighted by atomic mass is 15.0. The molecule has 0 aliphatic carbocycles. The molecule has 1 aromatic rings. The molecule has 1 atom stereocenters. The van der Waals surface area contributed by atoms with Gasteiger partial charge in [0.15, 0.2) is 0 Å². The Morgan fingerprint density at radius 2 is 1.94 bits per heavy atom. The van der Waals surface area contributed by atoms with Crippen LogP contribution in [0.25, 0.3) is 0 Å². The Morgan fingerprint density at radius 1 is 1.31 bits per heavy atom. The van der Waals surface area contributed by atoms with E-state index in [4.69, 9.17) is 5.73 Å². The molecule has 1 aromatic heterocycles. The number of nitrogens with two attached hydrogens (primary N) is 1. The van der Waals surface area contributed by atoms with E-state index < -0.39 is 0 Å². The van der Waals surface area contributed by atoms with Crippen LogP contribution in [0.5, 0.6) is 0 Å². The van der Waals surface area contributed by atoms with Gasteiger partial charge in [-0.2, -0.15) is 0 Å². The first-order valence-corrected chi connectivity index (χ1v) is 5.80. The van der Waals surface area contributed by atoms with Crippen molar-refractivity contribution >= 4 is 5.82 Å². The van der Waals surface area contributed by atoms with E-state index in [0.29, 0.717) is 17.7 Å². The number of pyridine rings is 1. The van der Waals surface area contributed by atoms with Crippen molar-refractivity contribution in [3.8, 4) is 0 Å². The maximum absolute atomic E-state index is 5.93. The van der Waals surface area contributed by atoms with Gasteiger partial charge in [-0.25, -0.2) is 4.98 Å². The first kappa shape index (κ1) is 13.0. The minimum Gasteiger partial charge on any atom is -0.383 e. The van der Waals surface area contributed by atoms with Gasteiger partial charge in [-0.3, -0.25) is 0 Å². The summed E-state index contributed by atoms with van der Waals surface area (Å²) in [5.74, 6) is 1.71. The first-order valence-electron chi connectivity index (χ1n) is 5.80. The molecule has 0 saturated carbocycles. The highest BCUT2D eigenvalue weighted by molar-refractivity contribution is 5.43. The molecule has 0 aromatic carbocycles. The Hall–Kier alpha value is -1.09. The monoisotopic (exact) mass is 221 g/mol. The van der Waals surface area contributed by atoms with Crippen molar-refractivity contribution in [1.29, 1.82) is 0 Å². The van der Waals surface area contributed by atoms with Gasteiger partial charge in [-0.1, -0.05) is 20.8 Å². The fourth-order valence-electron chi connectivity index (χ4n) is 1.71. The van der Waals surface area contributed by atoms with Crippen LogP contribution in [0.2, 0.25) is 0 Å². The molecule has 2 N–H and O–H groups in total. The summed E-state index contributed by atoms with van der Waals surface area (Å²) in [4.78, 5) is 6.42. The smallest absolute Gasteiger partial charge is 0.126 e. The average molecular weight is 221 g/mol. The van der Waals surface area contributed by atoms with Gasteiger partial charge in [-0.05, 0) is 43.1 Å². The summed E-state index contributed by atoms with van der Waals surface area (Å²) in [6.45, 7) is 7.54. The van der Waals surface area contributed by atoms with Crippen LogP contribution in [0.1, 0.15) is 37.8 Å². The number of nitrogen functional groups attached to an aromatic ring is 1. The molecule has 0 spiro atoms. The van der Waals surface area contributed by atoms with Gasteiger partial charge in [0, 0.05) is 12.7 Å². The second-order valence-corrected chi connectivity index (χ2v) is 5.09. The Morgan fingerprint density at radius 3 is 2.44 bits per heavy atom. The molecular weight excluding hydrogens is 198 g/mol. The molecule has 16 heavy (non-hydrogen) atoms. The standard InChI is InChI=1S/C13H23N3/c1-9(2)10(3)12-6-11(8-16(4)5)7-15-13(12)14/h6-7,9-10H,8H2,1-5H3,(H2,14,15)/t10-/m0/s1. The topological polar surface area (TPSA) is 42.2 Å². The normalized spacial score (nSPS) is 13.4. The predicted octanol–water partition coefficient (Wildman–Crippen LogP) is 2.48. The minimum absolute atomic E-state index is 0.453. The van der Waals surface area contributed by atoms with E-state index in [2.05, 4.69) is 50.8 Å². The van der Waals surface area contributed by atoms with E-state index in [0.717, 1.165) is 6.54 Å². The van der Waals surface area contributed by atoms with Crippen LogP contribution in [-0.2, 0) is 6.54 Å². The lowest BCUT2D eigenvalue weighted by molar-refractivity contribution is 0.401. The first-order chi connectivity index (χ1) is 7.41. The summed E-state index contributed by atoms with van der Waals surface area (Å²) in [5.41, 5.74) is 8.33. The summed E-state index contributed by atoms with van der Waals surface area (Å²) in [6.07, 6.45) is 1.87. The van der Waals surface area contributed by atoms with E-state index in [1.807, 2.05) is 6.20 Å². The van der Waals surface area contributed by atoms with Gasteiger partial charge in [-0.15, -0.1) is 0 Å². The highest BCUT2D eigenvalue weighted by Crippen LogP contribution is 2.27. The van der Waals surface area contributed by atoms with E-state index in [9.17, 15) is 0 Å². The Balaban J connectivity index is 2.99. The summed E-state index contributed by atoms with van der Waals surface area (Å²) < 4.78 is 0. The maximum atomic E-state index is 5.93. The molecule has 0 aliphatic heterocycles. The molecule has 3 heteroatoms. The van der Waals surface area contributed by atoms with E-state index in [-0.39, 0.29) is 0 Å². The SMILES string of the molecule is CC(C)[C@H](C)c1cc(CN(C)C)cnc1N. The summed E-state index contributed by atoms with van der Waals surface area (Å²) in [7, 11) is 4.11. The lowest BCUT2D eigenvalue weighted by Gasteiger charge is -2.19. The number of nitrogens with zero attached hydrogens (tertiary/aromatic N) is 2. The van der Waals surface area contributed by atoms with Crippen LogP contribution in [-0.4, -0.2) is 24.0 Å². The summed E-state index contributed by atoms with van der Waals surface area (Å²) in [5, 5.41) is 0. The molecule has 0 fully saturated rings. The Kier molecular flexibility index (Phi) is 4.30. The van der Waals surface area contributed by atoms with Gasteiger partial charge in [0.05, 0.1) is 0 Å².